The number of thiazole rings is 1. The minimum Gasteiger partial charge on any atom is -0.308 e. The monoisotopic (exact) mass is 277 g/mol. The van der Waals surface area contributed by atoms with Gasteiger partial charge in [0.25, 0.3) is 0 Å². The normalized spacial score (nSPS) is 24.2. The van der Waals surface area contributed by atoms with Crippen LogP contribution in [-0.4, -0.2) is 15.4 Å². The summed E-state index contributed by atoms with van der Waals surface area (Å²) in [5.74, 6) is 0.807. The van der Waals surface area contributed by atoms with Gasteiger partial charge in [-0.15, -0.1) is 11.3 Å². The van der Waals surface area contributed by atoms with E-state index in [0.717, 1.165) is 17.4 Å². The molecule has 2 heterocycles. The quantitative estimate of drug-likeness (QED) is 0.927. The molecule has 0 amide bonds. The molecule has 19 heavy (non-hydrogen) atoms. The molecule has 104 valence electrons. The first-order valence-corrected chi connectivity index (χ1v) is 8.14. The largest absolute Gasteiger partial charge is 0.308 e. The number of aryl methyl sites for hydroxylation is 2. The molecule has 3 nitrogen and oxygen atoms in total. The van der Waals surface area contributed by atoms with Crippen molar-refractivity contribution in [3.05, 3.63) is 22.5 Å². The van der Waals surface area contributed by atoms with Crippen LogP contribution in [0.25, 0.3) is 4.96 Å². The lowest BCUT2D eigenvalue weighted by molar-refractivity contribution is 0.278. The van der Waals surface area contributed by atoms with Gasteiger partial charge in [-0.25, -0.2) is 4.98 Å². The smallest absolute Gasteiger partial charge is 0.194 e. The molecule has 1 N–H and O–H groups in total. The van der Waals surface area contributed by atoms with E-state index in [-0.39, 0.29) is 0 Å². The van der Waals surface area contributed by atoms with Crippen LogP contribution in [0, 0.1) is 19.8 Å². The second-order valence-corrected chi connectivity index (χ2v) is 7.10. The van der Waals surface area contributed by atoms with Crippen molar-refractivity contribution in [1.82, 2.24) is 14.7 Å². The van der Waals surface area contributed by atoms with E-state index in [2.05, 4.69) is 41.7 Å². The molecule has 1 saturated carbocycles. The summed E-state index contributed by atoms with van der Waals surface area (Å²) in [5, 5.41) is 3.76. The molecule has 0 bridgehead atoms. The van der Waals surface area contributed by atoms with Crippen molar-refractivity contribution in [3.63, 3.8) is 0 Å². The standard InChI is InChI=1S/C15H23N3S/c1-10-6-4-5-7-13(10)16-8-14-12(3)17-15-18(14)9-11(2)19-15/h9-10,13,16H,4-8H2,1-3H3. The lowest BCUT2D eigenvalue weighted by Crippen LogP contribution is -2.37. The fourth-order valence-corrected chi connectivity index (χ4v) is 4.06. The number of nitrogens with zero attached hydrogens (tertiary/aromatic N) is 2. The fraction of sp³-hybridized carbons (Fsp3) is 0.667. The van der Waals surface area contributed by atoms with Crippen molar-refractivity contribution in [3.8, 4) is 0 Å². The van der Waals surface area contributed by atoms with E-state index < -0.39 is 0 Å². The zero-order valence-corrected chi connectivity index (χ0v) is 12.9. The highest BCUT2D eigenvalue weighted by Gasteiger charge is 2.21. The number of aromatic nitrogens is 2. The summed E-state index contributed by atoms with van der Waals surface area (Å²) >= 11 is 1.77. The number of imidazole rings is 1. The van der Waals surface area contributed by atoms with Gasteiger partial charge in [0.15, 0.2) is 4.96 Å². The van der Waals surface area contributed by atoms with Crippen LogP contribution in [0.4, 0.5) is 0 Å². The lowest BCUT2D eigenvalue weighted by atomic mass is 9.86. The van der Waals surface area contributed by atoms with Crippen molar-refractivity contribution in [2.45, 2.75) is 59.0 Å². The van der Waals surface area contributed by atoms with Gasteiger partial charge in [-0.05, 0) is 32.6 Å². The Morgan fingerprint density at radius 3 is 2.95 bits per heavy atom. The molecule has 2 unspecified atom stereocenters. The number of hydrogen-bond acceptors (Lipinski definition) is 3. The van der Waals surface area contributed by atoms with Crippen LogP contribution in [0.5, 0.6) is 0 Å². The van der Waals surface area contributed by atoms with Gasteiger partial charge in [0.2, 0.25) is 0 Å². The van der Waals surface area contributed by atoms with Crippen LogP contribution in [0.2, 0.25) is 0 Å². The van der Waals surface area contributed by atoms with E-state index in [4.69, 9.17) is 0 Å². The van der Waals surface area contributed by atoms with E-state index >= 15 is 0 Å². The average Bonchev–Trinajstić information content (AvgIpc) is 2.84. The summed E-state index contributed by atoms with van der Waals surface area (Å²) in [6.45, 7) is 7.59. The first-order chi connectivity index (χ1) is 9.15. The van der Waals surface area contributed by atoms with Gasteiger partial charge >= 0.3 is 0 Å². The molecule has 1 fully saturated rings. The number of fused-ring (bicyclic) bond motifs is 1. The molecule has 1 aliphatic rings. The Hall–Kier alpha value is -0.870. The minimum atomic E-state index is 0.679. The van der Waals surface area contributed by atoms with Crippen LogP contribution in [0.3, 0.4) is 0 Å². The summed E-state index contributed by atoms with van der Waals surface area (Å²) in [7, 11) is 0. The van der Waals surface area contributed by atoms with Crippen molar-refractivity contribution in [2.75, 3.05) is 0 Å². The molecule has 2 aromatic heterocycles. The zero-order chi connectivity index (χ0) is 13.4. The first-order valence-electron chi connectivity index (χ1n) is 7.32. The molecule has 0 aromatic carbocycles. The minimum absolute atomic E-state index is 0.679. The van der Waals surface area contributed by atoms with Crippen molar-refractivity contribution in [2.24, 2.45) is 5.92 Å². The number of hydrogen-bond donors (Lipinski definition) is 1. The maximum atomic E-state index is 4.66. The molecule has 0 saturated heterocycles. The summed E-state index contributed by atoms with van der Waals surface area (Å²) < 4.78 is 2.26. The Bertz CT molecular complexity index is 569. The van der Waals surface area contributed by atoms with E-state index in [1.165, 1.54) is 41.9 Å². The third-order valence-corrected chi connectivity index (χ3v) is 5.28. The third-order valence-electron chi connectivity index (χ3n) is 4.38. The maximum Gasteiger partial charge on any atom is 0.194 e. The van der Waals surface area contributed by atoms with Crippen LogP contribution < -0.4 is 5.32 Å². The predicted octanol–water partition coefficient (Wildman–Crippen LogP) is 3.68. The Kier molecular flexibility index (Phi) is 3.63. The SMILES string of the molecule is Cc1cn2c(CNC3CCCCC3C)c(C)nc2s1. The summed E-state index contributed by atoms with van der Waals surface area (Å²) in [5.41, 5.74) is 2.50. The molecule has 1 aliphatic carbocycles. The average molecular weight is 277 g/mol. The molecule has 2 aromatic rings. The van der Waals surface area contributed by atoms with E-state index in [9.17, 15) is 0 Å². The molecule has 4 heteroatoms. The zero-order valence-electron chi connectivity index (χ0n) is 12.1. The lowest BCUT2D eigenvalue weighted by Gasteiger charge is -2.29. The Labute approximate surface area is 119 Å². The number of rotatable bonds is 3. The predicted molar refractivity (Wildman–Crippen MR) is 80.8 cm³/mol. The molecule has 0 aliphatic heterocycles. The maximum absolute atomic E-state index is 4.66. The highest BCUT2D eigenvalue weighted by molar-refractivity contribution is 7.17. The van der Waals surface area contributed by atoms with Gasteiger partial charge in [-0.1, -0.05) is 19.8 Å². The van der Waals surface area contributed by atoms with E-state index in [0.29, 0.717) is 6.04 Å². The second kappa shape index (κ2) is 5.25. The highest BCUT2D eigenvalue weighted by Crippen LogP contribution is 2.25. The second-order valence-electron chi connectivity index (χ2n) is 5.89. The van der Waals surface area contributed by atoms with E-state index in [1.807, 2.05) is 0 Å². The Morgan fingerprint density at radius 2 is 2.16 bits per heavy atom. The Balaban J connectivity index is 1.75. The first kappa shape index (κ1) is 13.1. The van der Waals surface area contributed by atoms with Crippen molar-refractivity contribution in [1.29, 1.82) is 0 Å². The summed E-state index contributed by atoms with van der Waals surface area (Å²) in [6, 6.07) is 0.679. The van der Waals surface area contributed by atoms with Crippen molar-refractivity contribution < 1.29 is 0 Å². The van der Waals surface area contributed by atoms with Crippen LogP contribution >= 0.6 is 11.3 Å². The molecule has 3 rings (SSSR count). The highest BCUT2D eigenvalue weighted by atomic mass is 32.1. The van der Waals surface area contributed by atoms with Gasteiger partial charge in [0, 0.05) is 23.7 Å². The molecular formula is C15H23N3S. The third kappa shape index (κ3) is 2.56. The summed E-state index contributed by atoms with van der Waals surface area (Å²) in [6.07, 6.45) is 7.68. The molecule has 0 spiro atoms. The molecule has 2 atom stereocenters. The van der Waals surface area contributed by atoms with Gasteiger partial charge in [0.05, 0.1) is 11.4 Å². The van der Waals surface area contributed by atoms with Gasteiger partial charge < -0.3 is 5.32 Å². The fourth-order valence-electron chi connectivity index (χ4n) is 3.17. The van der Waals surface area contributed by atoms with E-state index in [1.54, 1.807) is 11.3 Å². The van der Waals surface area contributed by atoms with Crippen LogP contribution in [0.15, 0.2) is 6.20 Å². The van der Waals surface area contributed by atoms with Crippen LogP contribution in [0.1, 0.15) is 48.9 Å². The van der Waals surface area contributed by atoms with Gasteiger partial charge in [0.1, 0.15) is 0 Å². The number of nitrogens with one attached hydrogen (secondary N) is 1. The van der Waals surface area contributed by atoms with Gasteiger partial charge in [-0.2, -0.15) is 0 Å². The molecule has 0 radical (unpaired) electrons. The topological polar surface area (TPSA) is 29.3 Å². The van der Waals surface area contributed by atoms with Crippen LogP contribution in [-0.2, 0) is 6.54 Å². The summed E-state index contributed by atoms with van der Waals surface area (Å²) in [4.78, 5) is 7.11. The molecular weight excluding hydrogens is 254 g/mol. The Morgan fingerprint density at radius 1 is 1.37 bits per heavy atom. The van der Waals surface area contributed by atoms with Gasteiger partial charge in [-0.3, -0.25) is 4.40 Å². The van der Waals surface area contributed by atoms with Crippen molar-refractivity contribution >= 4 is 16.3 Å².